The molecule has 1 aromatic heterocycles. The third-order valence-corrected chi connectivity index (χ3v) is 4.91. The van der Waals surface area contributed by atoms with Crippen molar-refractivity contribution in [2.24, 2.45) is 0 Å². The van der Waals surface area contributed by atoms with Crippen molar-refractivity contribution in [2.45, 2.75) is 17.5 Å². The van der Waals surface area contributed by atoms with Gasteiger partial charge >= 0.3 is 0 Å². The zero-order valence-corrected chi connectivity index (χ0v) is 14.9. The summed E-state index contributed by atoms with van der Waals surface area (Å²) in [6.45, 7) is 0.820. The molecule has 0 saturated heterocycles. The number of nitro groups is 1. The highest BCUT2D eigenvalue weighted by Crippen LogP contribution is 2.23. The van der Waals surface area contributed by atoms with Gasteiger partial charge in [0.25, 0.3) is 11.2 Å². The number of para-hydroxylation sites is 1. The smallest absolute Gasteiger partial charge is 0.269 e. The first-order chi connectivity index (χ1) is 12.6. The zero-order chi connectivity index (χ0) is 18.5. The second-order valence-corrected chi connectivity index (χ2v) is 6.52. The Labute approximate surface area is 153 Å². The Balaban J connectivity index is 1.90. The fourth-order valence-corrected chi connectivity index (χ4v) is 3.48. The van der Waals surface area contributed by atoms with Crippen LogP contribution in [-0.4, -0.2) is 28.2 Å². The van der Waals surface area contributed by atoms with Gasteiger partial charge in [-0.3, -0.25) is 19.5 Å². The van der Waals surface area contributed by atoms with Crippen LogP contribution < -0.4 is 5.56 Å². The van der Waals surface area contributed by atoms with E-state index in [-0.39, 0.29) is 11.2 Å². The lowest BCUT2D eigenvalue weighted by Crippen LogP contribution is -2.25. The maximum Gasteiger partial charge on any atom is 0.269 e. The van der Waals surface area contributed by atoms with Crippen LogP contribution in [-0.2, 0) is 17.0 Å². The number of benzene rings is 2. The lowest BCUT2D eigenvalue weighted by Gasteiger charge is -2.12. The van der Waals surface area contributed by atoms with Crippen LogP contribution in [0.5, 0.6) is 0 Å². The van der Waals surface area contributed by atoms with Gasteiger partial charge in [0.2, 0.25) is 0 Å². The Morgan fingerprint density at radius 2 is 1.92 bits per heavy atom. The molecule has 7 nitrogen and oxygen atoms in total. The second-order valence-electron chi connectivity index (χ2n) is 5.57. The largest absolute Gasteiger partial charge is 0.383 e. The summed E-state index contributed by atoms with van der Waals surface area (Å²) in [7, 11) is 1.59. The molecule has 0 radical (unpaired) electrons. The van der Waals surface area contributed by atoms with Gasteiger partial charge in [0.15, 0.2) is 5.16 Å². The van der Waals surface area contributed by atoms with E-state index in [4.69, 9.17) is 4.74 Å². The van der Waals surface area contributed by atoms with E-state index in [1.807, 2.05) is 18.2 Å². The highest BCUT2D eigenvalue weighted by Gasteiger charge is 2.12. The van der Waals surface area contributed by atoms with E-state index >= 15 is 0 Å². The Kier molecular flexibility index (Phi) is 5.65. The highest BCUT2D eigenvalue weighted by atomic mass is 32.2. The molecule has 0 amide bonds. The lowest BCUT2D eigenvalue weighted by molar-refractivity contribution is -0.384. The third-order valence-electron chi connectivity index (χ3n) is 3.86. The number of ether oxygens (including phenoxy) is 1. The first kappa shape index (κ1) is 18.1. The number of hydrogen-bond donors (Lipinski definition) is 0. The van der Waals surface area contributed by atoms with Gasteiger partial charge in [0, 0.05) is 25.0 Å². The van der Waals surface area contributed by atoms with Crippen molar-refractivity contribution in [1.82, 2.24) is 9.55 Å². The Bertz CT molecular complexity index is 986. The summed E-state index contributed by atoms with van der Waals surface area (Å²) in [6, 6.07) is 13.6. The molecule has 0 atom stereocenters. The summed E-state index contributed by atoms with van der Waals surface area (Å²) in [5.41, 5.74) is 1.53. The second kappa shape index (κ2) is 8.11. The number of thioether (sulfide) groups is 1. The number of fused-ring (bicyclic) bond motifs is 1. The van der Waals surface area contributed by atoms with Crippen molar-refractivity contribution in [3.05, 3.63) is 74.6 Å². The maximum atomic E-state index is 12.8. The van der Waals surface area contributed by atoms with E-state index in [1.165, 1.54) is 23.9 Å². The normalized spacial score (nSPS) is 11.0. The van der Waals surface area contributed by atoms with Crippen molar-refractivity contribution >= 4 is 28.4 Å². The van der Waals surface area contributed by atoms with Crippen LogP contribution in [0.4, 0.5) is 5.69 Å². The van der Waals surface area contributed by atoms with Crippen molar-refractivity contribution in [1.29, 1.82) is 0 Å². The summed E-state index contributed by atoms with van der Waals surface area (Å²) in [6.07, 6.45) is 0. The standard InChI is InChI=1S/C18H17N3O4S/c1-25-11-10-20-17(22)15-4-2-3-5-16(15)19-18(20)26-12-13-6-8-14(9-7-13)21(23)24/h2-9H,10-12H2,1H3. The molecular formula is C18H17N3O4S. The minimum atomic E-state index is -0.426. The predicted molar refractivity (Wildman–Crippen MR) is 101 cm³/mol. The SMILES string of the molecule is COCCn1c(SCc2ccc([N+](=O)[O-])cc2)nc2ccccc2c1=O. The lowest BCUT2D eigenvalue weighted by atomic mass is 10.2. The molecule has 0 N–H and O–H groups in total. The third kappa shape index (κ3) is 3.92. The zero-order valence-electron chi connectivity index (χ0n) is 14.1. The van der Waals surface area contributed by atoms with Gasteiger partial charge in [-0.1, -0.05) is 36.0 Å². The molecule has 0 fully saturated rings. The first-order valence-corrected chi connectivity index (χ1v) is 8.93. The van der Waals surface area contributed by atoms with Crippen molar-refractivity contribution < 1.29 is 9.66 Å². The molecule has 0 saturated carbocycles. The Morgan fingerprint density at radius 1 is 1.19 bits per heavy atom. The minimum Gasteiger partial charge on any atom is -0.383 e. The summed E-state index contributed by atoms with van der Waals surface area (Å²) in [5, 5.41) is 11.9. The molecule has 3 rings (SSSR count). The van der Waals surface area contributed by atoms with E-state index in [1.54, 1.807) is 29.9 Å². The van der Waals surface area contributed by atoms with Crippen molar-refractivity contribution in [3.8, 4) is 0 Å². The van der Waals surface area contributed by atoms with Crippen molar-refractivity contribution in [3.63, 3.8) is 0 Å². The van der Waals surface area contributed by atoms with Crippen LogP contribution in [0.25, 0.3) is 10.9 Å². The minimum absolute atomic E-state index is 0.0552. The van der Waals surface area contributed by atoms with Gasteiger partial charge in [-0.2, -0.15) is 0 Å². The molecule has 134 valence electrons. The molecular weight excluding hydrogens is 354 g/mol. The average molecular weight is 371 g/mol. The molecule has 0 aliphatic heterocycles. The van der Waals surface area contributed by atoms with E-state index in [2.05, 4.69) is 4.98 Å². The molecule has 3 aromatic rings. The topological polar surface area (TPSA) is 87.3 Å². The van der Waals surface area contributed by atoms with Gasteiger partial charge in [0.05, 0.1) is 29.0 Å². The maximum absolute atomic E-state index is 12.8. The monoisotopic (exact) mass is 371 g/mol. The number of nitrogens with zero attached hydrogens (tertiary/aromatic N) is 3. The van der Waals surface area contributed by atoms with E-state index in [9.17, 15) is 14.9 Å². The van der Waals surface area contributed by atoms with Gasteiger partial charge in [-0.15, -0.1) is 0 Å². The summed E-state index contributed by atoms with van der Waals surface area (Å²) in [4.78, 5) is 27.7. The number of methoxy groups -OCH3 is 1. The number of hydrogen-bond acceptors (Lipinski definition) is 6. The van der Waals surface area contributed by atoms with Crippen LogP contribution in [0.2, 0.25) is 0 Å². The molecule has 26 heavy (non-hydrogen) atoms. The highest BCUT2D eigenvalue weighted by molar-refractivity contribution is 7.98. The van der Waals surface area contributed by atoms with Crippen molar-refractivity contribution in [2.75, 3.05) is 13.7 Å². The van der Waals surface area contributed by atoms with Gasteiger partial charge in [0.1, 0.15) is 0 Å². The molecule has 0 aliphatic carbocycles. The summed E-state index contributed by atoms with van der Waals surface area (Å²) >= 11 is 1.42. The van der Waals surface area contributed by atoms with E-state index < -0.39 is 4.92 Å². The fourth-order valence-electron chi connectivity index (χ4n) is 2.50. The molecule has 0 spiro atoms. The first-order valence-electron chi connectivity index (χ1n) is 7.95. The quantitative estimate of drug-likeness (QED) is 0.274. The van der Waals surface area contributed by atoms with Gasteiger partial charge in [-0.25, -0.2) is 4.98 Å². The Hall–Kier alpha value is -2.71. The van der Waals surface area contributed by atoms with E-state index in [0.29, 0.717) is 35.0 Å². The number of rotatable bonds is 7. The summed E-state index contributed by atoms with van der Waals surface area (Å²) in [5.74, 6) is 0.551. The van der Waals surface area contributed by atoms with Crippen LogP contribution in [0.15, 0.2) is 58.5 Å². The Morgan fingerprint density at radius 3 is 2.62 bits per heavy atom. The average Bonchev–Trinajstić information content (AvgIpc) is 2.66. The van der Waals surface area contributed by atoms with E-state index in [0.717, 1.165) is 5.56 Å². The fraction of sp³-hybridized carbons (Fsp3) is 0.222. The molecule has 8 heteroatoms. The number of nitro benzene ring substituents is 1. The summed E-state index contributed by atoms with van der Waals surface area (Å²) < 4.78 is 6.72. The van der Waals surface area contributed by atoms with Gasteiger partial charge in [-0.05, 0) is 17.7 Å². The number of non-ortho nitro benzene ring substituents is 1. The molecule has 0 aliphatic rings. The predicted octanol–water partition coefficient (Wildman–Crippen LogP) is 3.24. The van der Waals surface area contributed by atoms with Crippen LogP contribution in [0, 0.1) is 10.1 Å². The molecule has 2 aromatic carbocycles. The van der Waals surface area contributed by atoms with Crippen LogP contribution in [0.3, 0.4) is 0 Å². The molecule has 0 unspecified atom stereocenters. The number of aromatic nitrogens is 2. The van der Waals surface area contributed by atoms with Gasteiger partial charge < -0.3 is 4.74 Å². The molecule has 1 heterocycles. The molecule has 0 bridgehead atoms. The van der Waals surface area contributed by atoms with Crippen LogP contribution in [0.1, 0.15) is 5.56 Å². The van der Waals surface area contributed by atoms with Crippen LogP contribution >= 0.6 is 11.8 Å².